The van der Waals surface area contributed by atoms with Gasteiger partial charge in [-0.25, -0.2) is 4.79 Å². The molecule has 0 aromatic carbocycles. The van der Waals surface area contributed by atoms with Crippen molar-refractivity contribution in [1.29, 1.82) is 0 Å². The molecule has 0 aromatic rings. The highest BCUT2D eigenvalue weighted by Gasteiger charge is 2.41. The number of aliphatic carboxylic acids is 1. The molecule has 3 N–H and O–H groups in total. The lowest BCUT2D eigenvalue weighted by atomic mass is 10.0. The second kappa shape index (κ2) is 4.60. The molecule has 1 fully saturated rings. The van der Waals surface area contributed by atoms with Crippen LogP contribution in [0.15, 0.2) is 0 Å². The van der Waals surface area contributed by atoms with Gasteiger partial charge < -0.3 is 20.5 Å². The largest absolute Gasteiger partial charge is 0.481 e. The van der Waals surface area contributed by atoms with Crippen molar-refractivity contribution < 1.29 is 24.2 Å². The first-order valence-corrected chi connectivity index (χ1v) is 5.21. The number of carboxylic acids is 1. The van der Waals surface area contributed by atoms with Crippen LogP contribution >= 0.6 is 0 Å². The Morgan fingerprint density at radius 1 is 1.47 bits per heavy atom. The van der Waals surface area contributed by atoms with Crippen molar-refractivity contribution in [1.82, 2.24) is 10.6 Å². The predicted molar refractivity (Wildman–Crippen MR) is 57.3 cm³/mol. The van der Waals surface area contributed by atoms with Crippen LogP contribution in [0.1, 0.15) is 20.8 Å². The molecule has 1 rings (SSSR count). The van der Waals surface area contributed by atoms with Crippen molar-refractivity contribution in [2.75, 3.05) is 6.54 Å². The molecular formula is C10H16N2O5. The molecule has 1 aliphatic heterocycles. The average Bonchev–Trinajstić information content (AvgIpc) is 2.44. The van der Waals surface area contributed by atoms with Gasteiger partial charge in [0.2, 0.25) is 5.91 Å². The van der Waals surface area contributed by atoms with E-state index in [0.717, 1.165) is 0 Å². The zero-order valence-corrected chi connectivity index (χ0v) is 9.94. The Labute approximate surface area is 98.5 Å². The van der Waals surface area contributed by atoms with Crippen molar-refractivity contribution >= 4 is 18.0 Å². The van der Waals surface area contributed by atoms with Crippen molar-refractivity contribution in [2.24, 2.45) is 5.92 Å². The van der Waals surface area contributed by atoms with Gasteiger partial charge in [0.15, 0.2) is 0 Å². The Kier molecular flexibility index (Phi) is 3.59. The van der Waals surface area contributed by atoms with Crippen molar-refractivity contribution in [2.45, 2.75) is 32.4 Å². The summed E-state index contributed by atoms with van der Waals surface area (Å²) in [5, 5.41) is 13.5. The number of carbonyl (C=O) groups excluding carboxylic acids is 2. The van der Waals surface area contributed by atoms with Crippen LogP contribution in [0.4, 0.5) is 4.79 Å². The first kappa shape index (κ1) is 13.3. The number of carbonyl (C=O) groups is 3. The van der Waals surface area contributed by atoms with Gasteiger partial charge in [-0.3, -0.25) is 9.59 Å². The van der Waals surface area contributed by atoms with Gasteiger partial charge in [0, 0.05) is 6.54 Å². The van der Waals surface area contributed by atoms with E-state index in [-0.39, 0.29) is 6.54 Å². The van der Waals surface area contributed by atoms with Gasteiger partial charge in [-0.2, -0.15) is 0 Å². The van der Waals surface area contributed by atoms with Crippen LogP contribution in [0, 0.1) is 5.92 Å². The van der Waals surface area contributed by atoms with Crippen molar-refractivity contribution in [3.05, 3.63) is 0 Å². The Bertz CT molecular complexity index is 347. The first-order valence-electron chi connectivity index (χ1n) is 5.21. The predicted octanol–water partition coefficient (Wildman–Crippen LogP) is -0.290. The number of hydrogen-bond donors (Lipinski definition) is 3. The molecular weight excluding hydrogens is 228 g/mol. The van der Waals surface area contributed by atoms with Crippen LogP contribution in [-0.2, 0) is 14.3 Å². The van der Waals surface area contributed by atoms with E-state index in [1.165, 1.54) is 0 Å². The second-order valence-corrected chi connectivity index (χ2v) is 4.81. The molecule has 0 bridgehead atoms. The van der Waals surface area contributed by atoms with Crippen LogP contribution in [0.3, 0.4) is 0 Å². The maximum absolute atomic E-state index is 11.4. The summed E-state index contributed by atoms with van der Waals surface area (Å²) in [6.07, 6.45) is -0.800. The molecule has 0 aliphatic carbocycles. The minimum atomic E-state index is -1.13. The fourth-order valence-corrected chi connectivity index (χ4v) is 1.45. The molecule has 0 aromatic heterocycles. The van der Waals surface area contributed by atoms with Gasteiger partial charge in [-0.1, -0.05) is 0 Å². The van der Waals surface area contributed by atoms with Crippen LogP contribution in [0.5, 0.6) is 0 Å². The fourth-order valence-electron chi connectivity index (χ4n) is 1.45. The smallest absolute Gasteiger partial charge is 0.408 e. The van der Waals surface area contributed by atoms with E-state index < -0.39 is 35.5 Å². The molecule has 1 heterocycles. The third kappa shape index (κ3) is 3.61. The molecule has 1 aliphatic rings. The molecule has 0 spiro atoms. The second-order valence-electron chi connectivity index (χ2n) is 4.81. The van der Waals surface area contributed by atoms with E-state index in [1.54, 1.807) is 20.8 Å². The van der Waals surface area contributed by atoms with Crippen LogP contribution in [-0.4, -0.2) is 41.3 Å². The summed E-state index contributed by atoms with van der Waals surface area (Å²) >= 11 is 0. The van der Waals surface area contributed by atoms with Gasteiger partial charge in [0.05, 0.1) is 0 Å². The lowest BCUT2D eigenvalue weighted by molar-refractivity contribution is -0.142. The third-order valence-corrected chi connectivity index (χ3v) is 2.17. The summed E-state index contributed by atoms with van der Waals surface area (Å²) in [6, 6.07) is -1.08. The van der Waals surface area contributed by atoms with E-state index >= 15 is 0 Å². The van der Waals surface area contributed by atoms with E-state index in [9.17, 15) is 14.4 Å². The molecule has 1 saturated heterocycles. The number of rotatable bonds is 2. The van der Waals surface area contributed by atoms with Crippen LogP contribution in [0.2, 0.25) is 0 Å². The Balaban J connectivity index is 2.63. The van der Waals surface area contributed by atoms with E-state index in [1.807, 2.05) is 0 Å². The Morgan fingerprint density at radius 3 is 2.53 bits per heavy atom. The van der Waals surface area contributed by atoms with Crippen molar-refractivity contribution in [3.8, 4) is 0 Å². The van der Waals surface area contributed by atoms with Gasteiger partial charge >= 0.3 is 12.1 Å². The molecule has 7 heteroatoms. The summed E-state index contributed by atoms with van der Waals surface area (Å²) in [5.41, 5.74) is -0.697. The quantitative estimate of drug-likeness (QED) is 0.619. The normalized spacial score (nSPS) is 24.1. The number of amides is 2. The molecule has 7 nitrogen and oxygen atoms in total. The van der Waals surface area contributed by atoms with Crippen LogP contribution in [0.25, 0.3) is 0 Å². The lowest BCUT2D eigenvalue weighted by Crippen LogP contribution is -2.47. The Morgan fingerprint density at radius 2 is 2.06 bits per heavy atom. The maximum atomic E-state index is 11.4. The highest BCUT2D eigenvalue weighted by molar-refractivity contribution is 5.93. The summed E-state index contributed by atoms with van der Waals surface area (Å²) < 4.78 is 4.95. The molecule has 2 atom stereocenters. The standard InChI is InChI=1S/C10H16N2O5/c1-10(2,3)17-9(16)12-6-5(8(14)15)4-11-7(6)13/h5-6H,4H2,1-3H3,(H,11,13)(H,12,16)(H,14,15). The first-order chi connectivity index (χ1) is 7.70. The Hall–Kier alpha value is -1.79. The molecule has 96 valence electrons. The molecule has 0 radical (unpaired) electrons. The average molecular weight is 244 g/mol. The highest BCUT2D eigenvalue weighted by Crippen LogP contribution is 2.12. The number of nitrogens with one attached hydrogen (secondary N) is 2. The van der Waals surface area contributed by atoms with E-state index in [0.29, 0.717) is 0 Å². The molecule has 2 unspecified atom stereocenters. The van der Waals surface area contributed by atoms with Gasteiger partial charge in [0.25, 0.3) is 0 Å². The van der Waals surface area contributed by atoms with E-state index in [4.69, 9.17) is 9.84 Å². The summed E-state index contributed by atoms with van der Waals surface area (Å²) in [7, 11) is 0. The minimum absolute atomic E-state index is 0.00856. The topological polar surface area (TPSA) is 105 Å². The lowest BCUT2D eigenvalue weighted by Gasteiger charge is -2.22. The van der Waals surface area contributed by atoms with Gasteiger partial charge in [0.1, 0.15) is 17.6 Å². The zero-order chi connectivity index (χ0) is 13.2. The SMILES string of the molecule is CC(C)(C)OC(=O)NC1C(=O)NCC1C(=O)O. The van der Waals surface area contributed by atoms with Gasteiger partial charge in [-0.15, -0.1) is 0 Å². The number of ether oxygens (including phenoxy) is 1. The highest BCUT2D eigenvalue weighted by atomic mass is 16.6. The number of hydrogen-bond acceptors (Lipinski definition) is 4. The van der Waals surface area contributed by atoms with Gasteiger partial charge in [-0.05, 0) is 20.8 Å². The zero-order valence-electron chi connectivity index (χ0n) is 9.94. The minimum Gasteiger partial charge on any atom is -0.481 e. The number of alkyl carbamates (subject to hydrolysis) is 1. The fraction of sp³-hybridized carbons (Fsp3) is 0.700. The van der Waals surface area contributed by atoms with E-state index in [2.05, 4.69) is 10.6 Å². The maximum Gasteiger partial charge on any atom is 0.408 e. The summed E-state index contributed by atoms with van der Waals surface area (Å²) in [4.78, 5) is 33.6. The molecule has 2 amide bonds. The van der Waals surface area contributed by atoms with Crippen LogP contribution < -0.4 is 10.6 Å². The summed E-state index contributed by atoms with van der Waals surface area (Å²) in [5.74, 6) is -2.61. The molecule has 17 heavy (non-hydrogen) atoms. The number of carboxylic acid groups (broad SMARTS) is 1. The monoisotopic (exact) mass is 244 g/mol. The third-order valence-electron chi connectivity index (χ3n) is 2.17. The summed E-state index contributed by atoms with van der Waals surface area (Å²) in [6.45, 7) is 5.04. The van der Waals surface area contributed by atoms with Crippen molar-refractivity contribution in [3.63, 3.8) is 0 Å². The molecule has 0 saturated carbocycles.